The second kappa shape index (κ2) is 8.21. The van der Waals surface area contributed by atoms with E-state index in [4.69, 9.17) is 13.5 Å². The smallest absolute Gasteiger partial charge is 0.161 e. The van der Waals surface area contributed by atoms with Crippen molar-refractivity contribution in [3.8, 4) is 22.6 Å². The van der Waals surface area contributed by atoms with Gasteiger partial charge in [-0.05, 0) is 36.7 Å². The van der Waals surface area contributed by atoms with E-state index in [9.17, 15) is 2.74 Å². The number of fused-ring (bicyclic) bond motifs is 4. The van der Waals surface area contributed by atoms with E-state index in [0.717, 1.165) is 16.3 Å². The summed E-state index contributed by atoms with van der Waals surface area (Å²) in [5, 5.41) is 1.69. The Bertz CT molecular complexity index is 2060. The molecule has 0 saturated heterocycles. The van der Waals surface area contributed by atoms with Gasteiger partial charge in [0.05, 0.1) is 19.3 Å². The minimum absolute atomic E-state index is 0.256. The molecule has 7 rings (SSSR count). The van der Waals surface area contributed by atoms with Gasteiger partial charge in [-0.25, -0.2) is 4.98 Å². The van der Waals surface area contributed by atoms with Gasteiger partial charge in [0.15, 0.2) is 5.58 Å². The van der Waals surface area contributed by atoms with Crippen molar-refractivity contribution in [2.75, 3.05) is 0 Å². The van der Waals surface area contributed by atoms with Gasteiger partial charge in [0, 0.05) is 33.1 Å². The minimum atomic E-state index is -2.19. The van der Waals surface area contributed by atoms with E-state index in [1.165, 1.54) is 0 Å². The van der Waals surface area contributed by atoms with Gasteiger partial charge in [-0.15, -0.1) is 0 Å². The number of rotatable bonds is 4. The molecule has 0 aliphatic carbocycles. The zero-order valence-corrected chi connectivity index (χ0v) is 19.1. The van der Waals surface area contributed by atoms with E-state index in [2.05, 4.69) is 4.98 Å². The van der Waals surface area contributed by atoms with Crippen molar-refractivity contribution in [3.63, 3.8) is 0 Å². The first-order chi connectivity index (χ1) is 19.7. The van der Waals surface area contributed by atoms with Crippen LogP contribution in [0, 0.1) is 6.85 Å². The van der Waals surface area contributed by atoms with Crippen LogP contribution in [0.1, 0.15) is 18.0 Å². The molecule has 36 heavy (non-hydrogen) atoms. The third-order valence-corrected chi connectivity index (χ3v) is 6.39. The Hall–Kier alpha value is -4.70. The second-order valence-electron chi connectivity index (χ2n) is 8.64. The van der Waals surface area contributed by atoms with Gasteiger partial charge in [0.25, 0.3) is 0 Å². The molecule has 3 heterocycles. The number of para-hydroxylation sites is 3. The monoisotopic (exact) mass is 470 g/mol. The molecule has 4 nitrogen and oxygen atoms in total. The summed E-state index contributed by atoms with van der Waals surface area (Å²) in [5.74, 6) is 0.446. The van der Waals surface area contributed by atoms with Crippen LogP contribution in [0.2, 0.25) is 0 Å². The Morgan fingerprint density at radius 2 is 1.61 bits per heavy atom. The first kappa shape index (κ1) is 16.1. The van der Waals surface area contributed by atoms with Gasteiger partial charge in [-0.2, -0.15) is 0 Å². The van der Waals surface area contributed by atoms with Crippen LogP contribution in [0.4, 0.5) is 0 Å². The van der Waals surface area contributed by atoms with Crippen molar-refractivity contribution >= 4 is 33.0 Å². The average Bonchev–Trinajstić information content (AvgIpc) is 3.56. The van der Waals surface area contributed by atoms with Gasteiger partial charge in [-0.1, -0.05) is 84.4 Å². The van der Waals surface area contributed by atoms with Crippen molar-refractivity contribution < 1.29 is 11.3 Å². The van der Waals surface area contributed by atoms with Crippen molar-refractivity contribution in [3.05, 3.63) is 120 Å². The maximum atomic E-state index is 9.23. The van der Waals surface area contributed by atoms with E-state index in [-0.39, 0.29) is 5.56 Å². The number of benzene rings is 4. The molecule has 0 aliphatic rings. The van der Waals surface area contributed by atoms with Crippen LogP contribution >= 0.6 is 0 Å². The largest absolute Gasteiger partial charge is 0.453 e. The van der Waals surface area contributed by atoms with E-state index in [1.807, 2.05) is 66.7 Å². The van der Waals surface area contributed by atoms with Gasteiger partial charge >= 0.3 is 0 Å². The van der Waals surface area contributed by atoms with Crippen LogP contribution < -0.4 is 0 Å². The quantitative estimate of drug-likeness (QED) is 0.262. The number of hydrogen-bond acceptors (Lipinski definition) is 3. The summed E-state index contributed by atoms with van der Waals surface area (Å²) in [7, 11) is 0. The number of imidazole rings is 1. The normalized spacial score (nSPS) is 14.4. The van der Waals surface area contributed by atoms with Crippen molar-refractivity contribution in [1.82, 2.24) is 14.5 Å². The number of furan rings is 1. The molecule has 0 aliphatic heterocycles. The van der Waals surface area contributed by atoms with E-state index in [1.54, 1.807) is 47.2 Å². The van der Waals surface area contributed by atoms with Crippen molar-refractivity contribution in [2.24, 2.45) is 0 Å². The maximum Gasteiger partial charge on any atom is 0.161 e. The molecule has 4 heteroatoms. The SMILES string of the molecule is [2H]C([2H])([2H])c1ccc(-c2nccc3c2oc2c(-c4nc5ccccc5n4C([2H])([2H])c4ccccc4)cccc23)cc1. The molecule has 0 fully saturated rings. The molecule has 0 spiro atoms. The zero-order chi connectivity index (χ0) is 28.4. The first-order valence-electron chi connectivity index (χ1n) is 14.2. The number of aryl methyl sites for hydroxylation is 1. The number of pyridine rings is 1. The van der Waals surface area contributed by atoms with Crippen LogP contribution in [0.3, 0.4) is 0 Å². The standard InChI is InChI=1S/C32H23N3O/c1-21-14-16-23(17-15-21)29-31-25(18-19-33-29)24-10-7-11-26(30(24)36-31)32-34-27-12-5-6-13-28(27)35(32)20-22-8-3-2-4-9-22/h2-19H,20H2,1H3/i1D3,20D2. The summed E-state index contributed by atoms with van der Waals surface area (Å²) in [5.41, 5.74) is 5.21. The lowest BCUT2D eigenvalue weighted by atomic mass is 10.1. The zero-order valence-electron chi connectivity index (χ0n) is 24.1. The summed E-state index contributed by atoms with van der Waals surface area (Å²) in [6.07, 6.45) is 1.71. The molecule has 0 unspecified atom stereocenters. The van der Waals surface area contributed by atoms with Gasteiger partial charge in [0.1, 0.15) is 17.1 Å². The van der Waals surface area contributed by atoms with Crippen LogP contribution in [0.25, 0.3) is 55.6 Å². The van der Waals surface area contributed by atoms with Gasteiger partial charge in [-0.3, -0.25) is 4.98 Å². The van der Waals surface area contributed by atoms with Crippen LogP contribution in [0.15, 0.2) is 114 Å². The Morgan fingerprint density at radius 3 is 2.47 bits per heavy atom. The summed E-state index contributed by atoms with van der Waals surface area (Å²) in [4.78, 5) is 9.49. The summed E-state index contributed by atoms with van der Waals surface area (Å²) >= 11 is 0. The molecule has 0 radical (unpaired) electrons. The van der Waals surface area contributed by atoms with Gasteiger partial charge < -0.3 is 8.98 Å². The number of hydrogen-bond donors (Lipinski definition) is 0. The molecule has 4 aromatic carbocycles. The highest BCUT2D eigenvalue weighted by atomic mass is 16.3. The lowest BCUT2D eigenvalue weighted by Gasteiger charge is -2.10. The summed E-state index contributed by atoms with van der Waals surface area (Å²) < 4.78 is 49.7. The van der Waals surface area contributed by atoms with Gasteiger partial charge in [0.2, 0.25) is 0 Å². The molecule has 3 aromatic heterocycles. The fourth-order valence-electron chi connectivity index (χ4n) is 4.70. The van der Waals surface area contributed by atoms with Crippen LogP contribution in [-0.4, -0.2) is 14.5 Å². The van der Waals surface area contributed by atoms with E-state index < -0.39 is 13.3 Å². The second-order valence-corrected chi connectivity index (χ2v) is 8.64. The van der Waals surface area contributed by atoms with Crippen molar-refractivity contribution in [1.29, 1.82) is 0 Å². The average molecular weight is 471 g/mol. The van der Waals surface area contributed by atoms with E-state index >= 15 is 0 Å². The fraction of sp³-hybridized carbons (Fsp3) is 0.0625. The Labute approximate surface area is 215 Å². The highest BCUT2D eigenvalue weighted by Crippen LogP contribution is 2.39. The highest BCUT2D eigenvalue weighted by Gasteiger charge is 2.20. The number of aromatic nitrogens is 3. The predicted octanol–water partition coefficient (Wildman–Crippen LogP) is 8.02. The lowest BCUT2D eigenvalue weighted by molar-refractivity contribution is 0.668. The third-order valence-electron chi connectivity index (χ3n) is 6.39. The first-order valence-corrected chi connectivity index (χ1v) is 11.7. The van der Waals surface area contributed by atoms with Crippen molar-refractivity contribution in [2.45, 2.75) is 13.3 Å². The molecule has 0 saturated carbocycles. The molecule has 0 atom stereocenters. The minimum Gasteiger partial charge on any atom is -0.453 e. The van der Waals surface area contributed by atoms with Crippen LogP contribution in [0.5, 0.6) is 0 Å². The van der Waals surface area contributed by atoms with Crippen LogP contribution in [-0.2, 0) is 6.50 Å². The Morgan fingerprint density at radius 1 is 0.806 bits per heavy atom. The summed E-state index contributed by atoms with van der Waals surface area (Å²) in [6, 6.07) is 30.9. The Balaban J connectivity index is 1.47. The summed E-state index contributed by atoms with van der Waals surface area (Å²) in [6.45, 7) is -4.10. The van der Waals surface area contributed by atoms with E-state index in [0.29, 0.717) is 44.8 Å². The molecule has 172 valence electrons. The third kappa shape index (κ3) is 3.30. The molecular formula is C32H23N3O. The fourth-order valence-corrected chi connectivity index (χ4v) is 4.70. The molecule has 0 amide bonds. The maximum absolute atomic E-state index is 9.23. The lowest BCUT2D eigenvalue weighted by Crippen LogP contribution is -2.02. The highest BCUT2D eigenvalue weighted by molar-refractivity contribution is 6.12. The topological polar surface area (TPSA) is 43.9 Å². The molecular weight excluding hydrogens is 442 g/mol. The number of nitrogens with zero attached hydrogens (tertiary/aromatic N) is 3. The molecule has 7 aromatic rings. The predicted molar refractivity (Wildman–Crippen MR) is 146 cm³/mol. The molecule has 0 bridgehead atoms. The molecule has 0 N–H and O–H groups in total. The Kier molecular flexibility index (Phi) is 3.66.